The highest BCUT2D eigenvalue weighted by Gasteiger charge is 3.08. The predicted molar refractivity (Wildman–Crippen MR) is 79.2 cm³/mol. The molecule has 1 saturated carbocycles. The van der Waals surface area contributed by atoms with Crippen LogP contribution in [-0.2, 0) is 9.53 Å². The van der Waals surface area contributed by atoms with Crippen LogP contribution in [0.1, 0.15) is 6.92 Å². The largest absolute Gasteiger partial charge is 0.473 e. The number of ether oxygens (including phenoxy) is 1. The van der Waals surface area contributed by atoms with E-state index < -0.39 is 82.5 Å². The van der Waals surface area contributed by atoms with Crippen LogP contribution >= 0.6 is 0 Å². The van der Waals surface area contributed by atoms with Gasteiger partial charge in [-0.25, -0.2) is 9.18 Å². The Morgan fingerprint density at radius 1 is 0.512 bits per heavy atom. The van der Waals surface area contributed by atoms with E-state index in [1.54, 1.807) is 0 Å². The van der Waals surface area contributed by atoms with Gasteiger partial charge in [-0.3, -0.25) is 0 Å². The standard InChI is InChI=1S/C16H5F23O2/c1-3(2)4(40)41-16(38,39)15(36,37)14(34,35)13(32,33)11(28,29)8(22,23)5(17)6(18,19)9(24,25)12(30,31)10(26,27)7(5,20)21/h1H2,2H3. The highest BCUT2D eigenvalue weighted by atomic mass is 19.4. The molecular formula is C16H5F23O2. The third kappa shape index (κ3) is 3.63. The molecule has 0 N–H and O–H groups in total. The molecule has 0 aromatic carbocycles. The second-order valence-corrected chi connectivity index (χ2v) is 8.09. The first kappa shape index (κ1) is 36.6. The summed E-state index contributed by atoms with van der Waals surface area (Å²) in [5.74, 6) is -93.3. The van der Waals surface area contributed by atoms with E-state index in [2.05, 4.69) is 11.3 Å². The summed E-state index contributed by atoms with van der Waals surface area (Å²) >= 11 is 0. The van der Waals surface area contributed by atoms with E-state index in [9.17, 15) is 106 Å². The maximum Gasteiger partial charge on any atom is 0.473 e. The van der Waals surface area contributed by atoms with E-state index in [0.717, 1.165) is 0 Å². The van der Waals surface area contributed by atoms with Gasteiger partial charge in [0.05, 0.1) is 0 Å². The highest BCUT2D eigenvalue weighted by molar-refractivity contribution is 5.87. The molecule has 0 spiro atoms. The first-order valence-corrected chi connectivity index (χ1v) is 9.06. The van der Waals surface area contributed by atoms with E-state index in [1.807, 2.05) is 0 Å². The monoisotopic (exact) mass is 666 g/mol. The molecule has 41 heavy (non-hydrogen) atoms. The summed E-state index contributed by atoms with van der Waals surface area (Å²) in [7, 11) is 0. The summed E-state index contributed by atoms with van der Waals surface area (Å²) in [4.78, 5) is 10.8. The molecule has 1 aliphatic carbocycles. The van der Waals surface area contributed by atoms with Crippen LogP contribution < -0.4 is 0 Å². The lowest BCUT2D eigenvalue weighted by atomic mass is 9.67. The van der Waals surface area contributed by atoms with Gasteiger partial charge in [-0.1, -0.05) is 6.58 Å². The Morgan fingerprint density at radius 3 is 1.07 bits per heavy atom. The fourth-order valence-electron chi connectivity index (χ4n) is 2.87. The van der Waals surface area contributed by atoms with Crippen molar-refractivity contribution in [2.45, 2.75) is 77.9 Å². The Morgan fingerprint density at radius 2 is 0.780 bits per heavy atom. The summed E-state index contributed by atoms with van der Waals surface area (Å²) in [5.41, 5.74) is -11.0. The van der Waals surface area contributed by atoms with Crippen molar-refractivity contribution in [2.75, 3.05) is 0 Å². The molecule has 0 atom stereocenters. The number of alkyl halides is 23. The lowest BCUT2D eigenvalue weighted by Gasteiger charge is -2.55. The van der Waals surface area contributed by atoms with E-state index in [1.165, 1.54) is 0 Å². The van der Waals surface area contributed by atoms with Crippen molar-refractivity contribution < 1.29 is 111 Å². The molecule has 25 heteroatoms. The Bertz CT molecular complexity index is 1060. The zero-order valence-corrected chi connectivity index (χ0v) is 18.2. The summed E-state index contributed by atoms with van der Waals surface area (Å²) in [6.07, 6.45) is -7.57. The second-order valence-electron chi connectivity index (χ2n) is 8.09. The molecular weight excluding hydrogens is 661 g/mol. The average Bonchev–Trinajstić information content (AvgIpc) is 2.75. The van der Waals surface area contributed by atoms with Crippen LogP contribution in [0.25, 0.3) is 0 Å². The minimum atomic E-state index is -9.71. The summed E-state index contributed by atoms with van der Waals surface area (Å²) < 4.78 is 316. The van der Waals surface area contributed by atoms with Crippen molar-refractivity contribution in [1.82, 2.24) is 0 Å². The molecule has 1 rings (SSSR count). The number of hydrogen-bond acceptors (Lipinski definition) is 2. The van der Waals surface area contributed by atoms with Gasteiger partial charge >= 0.3 is 77.0 Å². The first-order valence-electron chi connectivity index (χ1n) is 9.06. The molecule has 0 heterocycles. The number of rotatable bonds is 8. The Hall–Kier alpha value is -2.40. The lowest BCUT2D eigenvalue weighted by Crippen LogP contribution is -2.90. The second kappa shape index (κ2) is 8.58. The van der Waals surface area contributed by atoms with Gasteiger partial charge in [0.1, 0.15) is 0 Å². The molecule has 242 valence electrons. The Labute approximate surface area is 208 Å². The van der Waals surface area contributed by atoms with Gasteiger partial charge in [0.15, 0.2) is 0 Å². The number of carbonyl (C=O) groups is 1. The molecule has 2 nitrogen and oxygen atoms in total. The summed E-state index contributed by atoms with van der Waals surface area (Å²) in [6, 6.07) is 0. The van der Waals surface area contributed by atoms with Gasteiger partial charge in [0, 0.05) is 5.57 Å². The van der Waals surface area contributed by atoms with Crippen molar-refractivity contribution in [3.63, 3.8) is 0 Å². The fourth-order valence-corrected chi connectivity index (χ4v) is 2.87. The molecule has 0 saturated heterocycles. The Kier molecular flexibility index (Phi) is 7.67. The zero-order chi connectivity index (χ0) is 33.9. The van der Waals surface area contributed by atoms with Gasteiger partial charge in [-0.15, -0.1) is 0 Å². The van der Waals surface area contributed by atoms with Crippen LogP contribution in [0.4, 0.5) is 101 Å². The van der Waals surface area contributed by atoms with Crippen molar-refractivity contribution in [2.24, 2.45) is 0 Å². The van der Waals surface area contributed by atoms with Crippen LogP contribution in [0.15, 0.2) is 12.2 Å². The van der Waals surface area contributed by atoms with Crippen molar-refractivity contribution >= 4 is 5.97 Å². The number of halogens is 23. The zero-order valence-electron chi connectivity index (χ0n) is 18.2. The first-order chi connectivity index (χ1) is 17.3. The quantitative estimate of drug-likeness (QED) is 0.150. The van der Waals surface area contributed by atoms with Crippen LogP contribution in [0.5, 0.6) is 0 Å². The topological polar surface area (TPSA) is 26.3 Å². The minimum Gasteiger partial charge on any atom is -0.393 e. The molecule has 0 unspecified atom stereocenters. The minimum absolute atomic E-state index is 0.234. The summed E-state index contributed by atoms with van der Waals surface area (Å²) in [6.45, 7) is 2.59. The third-order valence-electron chi connectivity index (χ3n) is 5.39. The smallest absolute Gasteiger partial charge is 0.393 e. The van der Waals surface area contributed by atoms with Crippen molar-refractivity contribution in [3.8, 4) is 0 Å². The highest BCUT2D eigenvalue weighted by Crippen LogP contribution is 2.75. The Balaban J connectivity index is 4.10. The summed E-state index contributed by atoms with van der Waals surface area (Å²) in [5, 5.41) is 0. The molecule has 1 fully saturated rings. The van der Waals surface area contributed by atoms with Crippen molar-refractivity contribution in [3.05, 3.63) is 12.2 Å². The molecule has 0 amide bonds. The lowest BCUT2D eigenvalue weighted by molar-refractivity contribution is -0.527. The van der Waals surface area contributed by atoms with Crippen LogP contribution in [0, 0.1) is 0 Å². The van der Waals surface area contributed by atoms with Crippen LogP contribution in [-0.4, -0.2) is 77.0 Å². The van der Waals surface area contributed by atoms with Crippen LogP contribution in [0.2, 0.25) is 0 Å². The molecule has 0 radical (unpaired) electrons. The van der Waals surface area contributed by atoms with Gasteiger partial charge in [-0.05, 0) is 6.92 Å². The van der Waals surface area contributed by atoms with Crippen LogP contribution in [0.3, 0.4) is 0 Å². The SMILES string of the molecule is C=C(C)C(=O)OC(F)(F)C(F)(F)C(F)(F)C(F)(F)C(F)(F)C(F)(F)C1(F)C(F)(F)C(F)(F)C(F)(F)C(F)(F)C1(F)F. The third-order valence-corrected chi connectivity index (χ3v) is 5.39. The van der Waals surface area contributed by atoms with Gasteiger partial charge in [0.25, 0.3) is 0 Å². The molecule has 0 aromatic rings. The van der Waals surface area contributed by atoms with E-state index >= 15 is 0 Å². The average molecular weight is 666 g/mol. The predicted octanol–water partition coefficient (Wildman–Crippen LogP) is 7.77. The number of hydrogen-bond donors (Lipinski definition) is 0. The molecule has 1 aliphatic rings. The molecule has 0 aliphatic heterocycles. The van der Waals surface area contributed by atoms with Gasteiger partial charge < -0.3 is 4.74 Å². The van der Waals surface area contributed by atoms with E-state index in [-0.39, 0.29) is 6.92 Å². The van der Waals surface area contributed by atoms with Gasteiger partial charge in [0.2, 0.25) is 0 Å². The number of carbonyl (C=O) groups excluding carboxylic acids is 1. The van der Waals surface area contributed by atoms with E-state index in [0.29, 0.717) is 0 Å². The van der Waals surface area contributed by atoms with E-state index in [4.69, 9.17) is 0 Å². The fraction of sp³-hybridized carbons (Fsp3) is 0.812. The normalized spacial score (nSPS) is 24.0. The molecule has 0 aromatic heterocycles. The molecule has 0 bridgehead atoms. The maximum atomic E-state index is 14.4. The van der Waals surface area contributed by atoms with Gasteiger partial charge in [-0.2, -0.15) is 96.6 Å². The number of esters is 1. The maximum absolute atomic E-state index is 14.4. The van der Waals surface area contributed by atoms with Crippen molar-refractivity contribution in [1.29, 1.82) is 0 Å².